The first-order valence-electron chi connectivity index (χ1n) is 17.6. The molecule has 0 saturated heterocycles. The summed E-state index contributed by atoms with van der Waals surface area (Å²) in [7, 11) is 31.4. The van der Waals surface area contributed by atoms with Crippen molar-refractivity contribution in [2.24, 2.45) is 0 Å². The Balaban J connectivity index is 1.09. The van der Waals surface area contributed by atoms with Crippen LogP contribution in [0.15, 0.2) is 138 Å². The summed E-state index contributed by atoms with van der Waals surface area (Å²) in [6, 6.07) is 45.0. The Labute approximate surface area is 327 Å². The zero-order chi connectivity index (χ0) is 37.4. The van der Waals surface area contributed by atoms with Crippen LogP contribution in [-0.2, 0) is 0 Å². The molecule has 0 unspecified atom stereocenters. The monoisotopic (exact) mass is 707 g/mol. The molecule has 0 aliphatic heterocycles. The van der Waals surface area contributed by atoms with E-state index in [0.717, 1.165) is 44.2 Å². The highest BCUT2D eigenvalue weighted by Gasteiger charge is 2.18. The summed E-state index contributed by atoms with van der Waals surface area (Å²) < 4.78 is 9.11. The van der Waals surface area contributed by atoms with Gasteiger partial charge in [-0.2, -0.15) is 0 Å². The lowest BCUT2D eigenvalue weighted by Crippen LogP contribution is -2.55. The van der Waals surface area contributed by atoms with Gasteiger partial charge in [0.05, 0.1) is 0 Å². The van der Waals surface area contributed by atoms with Crippen molar-refractivity contribution in [3.8, 4) is 56.4 Å². The molecule has 0 atom stereocenters. The maximum Gasteiger partial charge on any atom is 0.164 e. The van der Waals surface area contributed by atoms with Gasteiger partial charge < -0.3 is 4.42 Å². The van der Waals surface area contributed by atoms with Gasteiger partial charge in [0, 0.05) is 47.6 Å². The minimum atomic E-state index is 0.163. The third kappa shape index (κ3) is 5.54. The van der Waals surface area contributed by atoms with E-state index in [1.165, 1.54) is 25.7 Å². The van der Waals surface area contributed by atoms with Crippen LogP contribution < -0.4 is 27.3 Å². The third-order valence-electron chi connectivity index (χ3n) is 10.2. The Morgan fingerprint density at radius 1 is 0.400 bits per heavy atom. The molecule has 0 aliphatic rings. The molecule has 0 saturated carbocycles. The number of hydrogen-bond acceptors (Lipinski definition) is 5. The van der Waals surface area contributed by atoms with Crippen molar-refractivity contribution in [1.82, 2.24) is 15.0 Å². The molecule has 0 fully saturated rings. The summed E-state index contributed by atoms with van der Waals surface area (Å²) in [5.41, 5.74) is 8.43. The number of nitrogens with zero attached hydrogens (tertiary/aromatic N) is 3. The molecule has 0 spiro atoms. The molecule has 10 heteroatoms. The molecule has 55 heavy (non-hydrogen) atoms. The van der Waals surface area contributed by atoms with Crippen LogP contribution in [0.1, 0.15) is 0 Å². The zero-order valence-electron chi connectivity index (χ0n) is 29.2. The molecule has 0 bridgehead atoms. The van der Waals surface area contributed by atoms with Gasteiger partial charge in [-0.3, -0.25) is 0 Å². The van der Waals surface area contributed by atoms with Gasteiger partial charge in [-0.25, -0.2) is 15.0 Å². The summed E-state index contributed by atoms with van der Waals surface area (Å²) >= 11 is 1.82. The maximum atomic E-state index is 6.57. The predicted octanol–water partition coefficient (Wildman–Crippen LogP) is 6.44. The quantitative estimate of drug-likeness (QED) is 0.194. The Kier molecular flexibility index (Phi) is 7.93. The van der Waals surface area contributed by atoms with Gasteiger partial charge in [-0.1, -0.05) is 108 Å². The Morgan fingerprint density at radius 2 is 0.927 bits per heavy atom. The fourth-order valence-electron chi connectivity index (χ4n) is 7.38. The van der Waals surface area contributed by atoms with Crippen LogP contribution in [0.5, 0.6) is 0 Å². The normalized spacial score (nSPS) is 11.6. The van der Waals surface area contributed by atoms with Crippen LogP contribution in [0.4, 0.5) is 0 Å². The summed E-state index contributed by atoms with van der Waals surface area (Å²) in [6.45, 7) is 0. The van der Waals surface area contributed by atoms with E-state index < -0.39 is 0 Å². The van der Waals surface area contributed by atoms with E-state index in [0.29, 0.717) is 28.6 Å². The van der Waals surface area contributed by atoms with Crippen LogP contribution in [0.25, 0.3) is 98.5 Å². The van der Waals surface area contributed by atoms with E-state index in [9.17, 15) is 0 Å². The number of fused-ring (bicyclic) bond motifs is 6. The van der Waals surface area contributed by atoms with Gasteiger partial charge in [-0.05, 0) is 58.7 Å². The highest BCUT2D eigenvalue weighted by Crippen LogP contribution is 2.41. The molecule has 3 aromatic heterocycles. The van der Waals surface area contributed by atoms with Crippen molar-refractivity contribution in [2.45, 2.75) is 0 Å². The first kappa shape index (κ1) is 33.5. The van der Waals surface area contributed by atoms with Crippen LogP contribution in [0, 0.1) is 0 Å². The van der Waals surface area contributed by atoms with E-state index >= 15 is 0 Å². The summed E-state index contributed by atoms with van der Waals surface area (Å²) in [5, 5.41) is 4.58. The number of hydrogen-bond donors (Lipinski definition) is 0. The summed E-state index contributed by atoms with van der Waals surface area (Å²) in [6.07, 6.45) is 0. The van der Waals surface area contributed by atoms with E-state index in [-0.39, 0.29) is 27.3 Å². The van der Waals surface area contributed by atoms with E-state index in [2.05, 4.69) is 66.7 Å². The molecule has 7 aromatic carbocycles. The third-order valence-corrected chi connectivity index (χ3v) is 11.4. The first-order valence-corrected chi connectivity index (χ1v) is 18.4. The summed E-state index contributed by atoms with van der Waals surface area (Å²) in [5.74, 6) is 1.48. The van der Waals surface area contributed by atoms with Crippen molar-refractivity contribution < 1.29 is 4.42 Å². The summed E-state index contributed by atoms with van der Waals surface area (Å²) in [4.78, 5) is 14.9. The topological polar surface area (TPSA) is 51.8 Å². The molecule has 0 amide bonds. The Bertz CT molecular complexity index is 3150. The largest absolute Gasteiger partial charge is 0.456 e. The molecule has 10 rings (SSSR count). The van der Waals surface area contributed by atoms with Crippen LogP contribution in [0.3, 0.4) is 0 Å². The second kappa shape index (κ2) is 13.0. The van der Waals surface area contributed by atoms with Gasteiger partial charge in [-0.15, -0.1) is 27.7 Å². The number of benzene rings is 7. The molecule has 0 aliphatic carbocycles. The van der Waals surface area contributed by atoms with Gasteiger partial charge in [0.2, 0.25) is 0 Å². The molecule has 244 valence electrons. The predicted molar refractivity (Wildman–Crippen MR) is 234 cm³/mol. The number of rotatable bonds is 5. The smallest absolute Gasteiger partial charge is 0.164 e. The Hall–Kier alpha value is -6.11. The van der Waals surface area contributed by atoms with Crippen molar-refractivity contribution >= 4 is 120 Å². The minimum absolute atomic E-state index is 0.163. The van der Waals surface area contributed by atoms with Gasteiger partial charge in [0.1, 0.15) is 50.4 Å². The average Bonchev–Trinajstić information content (AvgIpc) is 3.80. The van der Waals surface area contributed by atoms with Crippen molar-refractivity contribution in [3.63, 3.8) is 0 Å². The molecule has 10 aromatic rings. The maximum absolute atomic E-state index is 6.57. The average molecular weight is 707 g/mol. The lowest BCUT2D eigenvalue weighted by Gasteiger charge is -2.21. The lowest BCUT2D eigenvalue weighted by molar-refractivity contribution is 0.669. The second-order valence-electron chi connectivity index (χ2n) is 13.5. The van der Waals surface area contributed by atoms with Gasteiger partial charge in [0.15, 0.2) is 17.5 Å². The van der Waals surface area contributed by atoms with Crippen molar-refractivity contribution in [1.29, 1.82) is 0 Å². The number of furan rings is 1. The molecular formula is C45H22B5N3OS. The van der Waals surface area contributed by atoms with Crippen LogP contribution in [0.2, 0.25) is 0 Å². The fourth-order valence-corrected chi connectivity index (χ4v) is 8.62. The highest BCUT2D eigenvalue weighted by atomic mass is 32.1. The van der Waals surface area contributed by atoms with Crippen molar-refractivity contribution in [3.05, 3.63) is 133 Å². The SMILES string of the molecule is [B]c1c([B])c([B])c(-c2cccc(-c3nc(-c4ccccc4)nc(-c4ccc5c(c4)oc4cc(-c6cccc7c6sc6ccccc67)ccc45)n3)c2)c([B])c1[B]. The van der Waals surface area contributed by atoms with Crippen LogP contribution in [-0.4, -0.2) is 54.2 Å². The van der Waals surface area contributed by atoms with E-state index in [1.807, 2.05) is 78.1 Å². The molecular weight excluding hydrogens is 685 g/mol. The van der Waals surface area contributed by atoms with Crippen molar-refractivity contribution in [2.75, 3.05) is 0 Å². The fraction of sp³-hybridized carbons (Fsp3) is 0. The molecule has 0 N–H and O–H groups in total. The van der Waals surface area contributed by atoms with Gasteiger partial charge in [0.25, 0.3) is 0 Å². The highest BCUT2D eigenvalue weighted by molar-refractivity contribution is 7.26. The zero-order valence-corrected chi connectivity index (χ0v) is 30.1. The standard InChI is InChI=1S/C45H22B5N3OS/c46-37-36(38(47)40(49)41(50)39(37)48)25-10-6-11-26(20-25)44-51-43(23-8-2-1-3-9-23)52-45(53-44)27-17-19-30-29-18-16-24(21-33(29)54-34(30)22-27)28-13-7-14-32-31-12-4-5-15-35(31)55-42(28)32/h1-22H. The number of thiophene rings is 1. The first-order chi connectivity index (χ1) is 26.8. The van der Waals surface area contributed by atoms with Gasteiger partial charge >= 0.3 is 0 Å². The minimum Gasteiger partial charge on any atom is -0.456 e. The molecule has 10 radical (unpaired) electrons. The number of aromatic nitrogens is 3. The van der Waals surface area contributed by atoms with Crippen LogP contribution >= 0.6 is 11.3 Å². The van der Waals surface area contributed by atoms with E-state index in [4.69, 9.17) is 58.6 Å². The van der Waals surface area contributed by atoms with E-state index in [1.54, 1.807) is 0 Å². The Morgan fingerprint density at radius 3 is 1.65 bits per heavy atom. The second-order valence-corrected chi connectivity index (χ2v) is 14.6. The lowest BCUT2D eigenvalue weighted by atomic mass is 9.59. The molecule has 4 nitrogen and oxygen atoms in total. The molecule has 3 heterocycles.